The van der Waals surface area contributed by atoms with Crippen LogP contribution in [0.2, 0.25) is 0 Å². The predicted octanol–water partition coefficient (Wildman–Crippen LogP) is 6.26. The highest BCUT2D eigenvalue weighted by Crippen LogP contribution is 2.34. The lowest BCUT2D eigenvalue weighted by atomic mass is 10.1. The van der Waals surface area contributed by atoms with Crippen LogP contribution in [0.1, 0.15) is 29.4 Å². The number of ether oxygens (including phenoxy) is 2. The maximum atomic E-state index is 13.2. The molecule has 6 nitrogen and oxygen atoms in total. The lowest BCUT2D eigenvalue weighted by Gasteiger charge is -2.14. The van der Waals surface area contributed by atoms with Gasteiger partial charge in [-0.2, -0.15) is 9.78 Å². The lowest BCUT2D eigenvalue weighted by molar-refractivity contribution is 0.284. The second-order valence-electron chi connectivity index (χ2n) is 7.71. The first-order valence-corrected chi connectivity index (χ1v) is 12.3. The molecule has 0 amide bonds. The summed E-state index contributed by atoms with van der Waals surface area (Å²) < 4.78 is 14.7. The van der Waals surface area contributed by atoms with Crippen molar-refractivity contribution in [3.63, 3.8) is 0 Å². The van der Waals surface area contributed by atoms with Gasteiger partial charge in [0.2, 0.25) is 0 Å². The Hall–Kier alpha value is -2.97. The van der Waals surface area contributed by atoms with E-state index < -0.39 is 0 Å². The van der Waals surface area contributed by atoms with Gasteiger partial charge in [0.05, 0.1) is 24.2 Å². The molecule has 0 aliphatic heterocycles. The van der Waals surface area contributed by atoms with Gasteiger partial charge in [-0.15, -0.1) is 0 Å². The zero-order valence-corrected chi connectivity index (χ0v) is 22.2. The van der Waals surface area contributed by atoms with E-state index in [1.165, 1.54) is 4.68 Å². The molecule has 0 N–H and O–H groups in total. The number of aryl methyl sites for hydroxylation is 2. The molecule has 4 aromatic rings. The van der Waals surface area contributed by atoms with Gasteiger partial charge < -0.3 is 9.47 Å². The highest BCUT2D eigenvalue weighted by molar-refractivity contribution is 9.10. The van der Waals surface area contributed by atoms with Crippen molar-refractivity contribution in [2.75, 3.05) is 7.11 Å². The summed E-state index contributed by atoms with van der Waals surface area (Å²) in [5.74, 6) is 1.67. The van der Waals surface area contributed by atoms with E-state index in [-0.39, 0.29) is 5.56 Å². The molecular formula is C26H23Br2N3O3. The van der Waals surface area contributed by atoms with Crippen LogP contribution in [-0.2, 0) is 13.0 Å². The Balaban J connectivity index is 1.77. The van der Waals surface area contributed by atoms with E-state index in [9.17, 15) is 4.79 Å². The maximum Gasteiger partial charge on any atom is 0.282 e. The summed E-state index contributed by atoms with van der Waals surface area (Å²) in [6.45, 7) is 4.35. The molecule has 0 unspecified atom stereocenters. The van der Waals surface area contributed by atoms with E-state index in [0.717, 1.165) is 20.1 Å². The highest BCUT2D eigenvalue weighted by atomic mass is 79.9. The van der Waals surface area contributed by atoms with Gasteiger partial charge in [-0.25, -0.2) is 4.98 Å². The van der Waals surface area contributed by atoms with Crippen LogP contribution in [0.15, 0.2) is 73.4 Å². The topological polar surface area (TPSA) is 65.7 Å². The number of methoxy groups -OCH3 is 1. The van der Waals surface area contributed by atoms with Crippen LogP contribution >= 0.6 is 31.9 Å². The quantitative estimate of drug-likeness (QED) is 0.240. The Morgan fingerprint density at radius 3 is 2.65 bits per heavy atom. The molecule has 1 heterocycles. The Labute approximate surface area is 214 Å². The van der Waals surface area contributed by atoms with Gasteiger partial charge in [0.15, 0.2) is 11.5 Å². The molecular weight excluding hydrogens is 562 g/mol. The number of halogens is 2. The normalized spacial score (nSPS) is 11.3. The minimum absolute atomic E-state index is 0.233. The molecule has 8 heteroatoms. The smallest absolute Gasteiger partial charge is 0.282 e. The van der Waals surface area contributed by atoms with E-state index in [4.69, 9.17) is 9.47 Å². The maximum absolute atomic E-state index is 13.2. The third kappa shape index (κ3) is 5.23. The summed E-state index contributed by atoms with van der Waals surface area (Å²) in [5, 5.41) is 5.01. The minimum Gasteiger partial charge on any atom is -0.493 e. The molecule has 0 saturated carbocycles. The molecule has 0 aliphatic carbocycles. The second kappa shape index (κ2) is 10.5. The molecule has 1 aromatic heterocycles. The summed E-state index contributed by atoms with van der Waals surface area (Å²) in [4.78, 5) is 17.9. The van der Waals surface area contributed by atoms with E-state index in [2.05, 4.69) is 48.0 Å². The Morgan fingerprint density at radius 1 is 1.09 bits per heavy atom. The van der Waals surface area contributed by atoms with E-state index in [1.807, 2.05) is 56.3 Å². The average molecular weight is 585 g/mol. The van der Waals surface area contributed by atoms with E-state index in [0.29, 0.717) is 46.8 Å². The lowest BCUT2D eigenvalue weighted by Crippen LogP contribution is -2.22. The van der Waals surface area contributed by atoms with Crippen molar-refractivity contribution in [2.45, 2.75) is 26.9 Å². The first-order valence-electron chi connectivity index (χ1n) is 10.7. The highest BCUT2D eigenvalue weighted by Gasteiger charge is 2.14. The zero-order chi connectivity index (χ0) is 24.2. The molecule has 34 heavy (non-hydrogen) atoms. The van der Waals surface area contributed by atoms with Crippen molar-refractivity contribution in [1.82, 2.24) is 9.66 Å². The molecule has 3 aromatic carbocycles. The Kier molecular flexibility index (Phi) is 7.48. The van der Waals surface area contributed by atoms with Gasteiger partial charge in [0, 0.05) is 20.9 Å². The first kappa shape index (κ1) is 24.2. The molecule has 0 aliphatic rings. The third-order valence-corrected chi connectivity index (χ3v) is 6.19. The van der Waals surface area contributed by atoms with Crippen molar-refractivity contribution < 1.29 is 9.47 Å². The average Bonchev–Trinajstić information content (AvgIpc) is 2.82. The minimum atomic E-state index is -0.233. The fourth-order valence-electron chi connectivity index (χ4n) is 3.61. The first-order chi connectivity index (χ1) is 16.4. The number of aromatic nitrogens is 2. The van der Waals surface area contributed by atoms with Crippen LogP contribution in [0.5, 0.6) is 11.5 Å². The van der Waals surface area contributed by atoms with Gasteiger partial charge in [-0.3, -0.25) is 4.79 Å². The molecule has 0 bridgehead atoms. The standard InChI is InChI=1S/C26H23Br2N3O3/c1-4-24-30-22-9-8-19(27)12-21(22)26(32)31(24)29-14-18-11-20(28)13-23(33-3)25(18)34-15-17-7-5-6-16(2)10-17/h5-14H,4,15H2,1-3H3. The van der Waals surface area contributed by atoms with Gasteiger partial charge >= 0.3 is 0 Å². The summed E-state index contributed by atoms with van der Waals surface area (Å²) in [5.41, 5.74) is 3.28. The van der Waals surface area contributed by atoms with Crippen molar-refractivity contribution in [2.24, 2.45) is 5.10 Å². The largest absolute Gasteiger partial charge is 0.493 e. The number of hydrogen-bond acceptors (Lipinski definition) is 5. The van der Waals surface area contributed by atoms with Crippen molar-refractivity contribution in [1.29, 1.82) is 0 Å². The van der Waals surface area contributed by atoms with Gasteiger partial charge in [-0.05, 0) is 42.8 Å². The molecule has 0 fully saturated rings. The van der Waals surface area contributed by atoms with Crippen LogP contribution in [0.4, 0.5) is 0 Å². The summed E-state index contributed by atoms with van der Waals surface area (Å²) in [6.07, 6.45) is 2.15. The number of hydrogen-bond donors (Lipinski definition) is 0. The van der Waals surface area contributed by atoms with Crippen molar-refractivity contribution in [3.05, 3.63) is 96.4 Å². The van der Waals surface area contributed by atoms with Crippen LogP contribution in [-0.4, -0.2) is 23.0 Å². The number of benzene rings is 3. The monoisotopic (exact) mass is 583 g/mol. The van der Waals surface area contributed by atoms with Crippen LogP contribution in [0.3, 0.4) is 0 Å². The van der Waals surface area contributed by atoms with Crippen LogP contribution in [0.25, 0.3) is 10.9 Å². The number of rotatable bonds is 7. The third-order valence-electron chi connectivity index (χ3n) is 5.24. The molecule has 0 radical (unpaired) electrons. The molecule has 0 saturated heterocycles. The van der Waals surface area contributed by atoms with Crippen molar-refractivity contribution in [3.8, 4) is 11.5 Å². The molecule has 4 rings (SSSR count). The second-order valence-corrected chi connectivity index (χ2v) is 9.54. The fraction of sp³-hybridized carbons (Fsp3) is 0.192. The number of nitrogens with zero attached hydrogens (tertiary/aromatic N) is 3. The van der Waals surface area contributed by atoms with Gasteiger partial charge in [0.25, 0.3) is 5.56 Å². The van der Waals surface area contributed by atoms with Gasteiger partial charge in [0.1, 0.15) is 12.4 Å². The fourth-order valence-corrected chi connectivity index (χ4v) is 4.43. The Morgan fingerprint density at radius 2 is 1.91 bits per heavy atom. The van der Waals surface area contributed by atoms with E-state index >= 15 is 0 Å². The Bertz CT molecular complexity index is 1450. The molecule has 0 spiro atoms. The summed E-state index contributed by atoms with van der Waals surface area (Å²) in [6, 6.07) is 17.3. The predicted molar refractivity (Wildman–Crippen MR) is 142 cm³/mol. The van der Waals surface area contributed by atoms with Crippen LogP contribution in [0, 0.1) is 6.92 Å². The van der Waals surface area contributed by atoms with Gasteiger partial charge in [-0.1, -0.05) is 68.6 Å². The van der Waals surface area contributed by atoms with Crippen molar-refractivity contribution >= 4 is 49.0 Å². The molecule has 0 atom stereocenters. The van der Waals surface area contributed by atoms with E-state index in [1.54, 1.807) is 19.4 Å². The summed E-state index contributed by atoms with van der Waals surface area (Å²) in [7, 11) is 1.59. The van der Waals surface area contributed by atoms with Crippen LogP contribution < -0.4 is 15.0 Å². The summed E-state index contributed by atoms with van der Waals surface area (Å²) >= 11 is 6.95. The molecule has 174 valence electrons. The SMILES string of the molecule is CCc1nc2ccc(Br)cc2c(=O)n1N=Cc1cc(Br)cc(OC)c1OCc1cccc(C)c1. The zero-order valence-electron chi connectivity index (χ0n) is 19.0. The number of fused-ring (bicyclic) bond motifs is 1.